The van der Waals surface area contributed by atoms with Crippen LogP contribution in [0.2, 0.25) is 10.0 Å². The molecule has 2 aromatic carbocycles. The lowest BCUT2D eigenvalue weighted by Crippen LogP contribution is -2.36. The Bertz CT molecular complexity index is 1360. The number of aromatic nitrogens is 5. The summed E-state index contributed by atoms with van der Waals surface area (Å²) in [6, 6.07) is 10.8. The van der Waals surface area contributed by atoms with Gasteiger partial charge in [0.1, 0.15) is 16.7 Å². The lowest BCUT2D eigenvalue weighted by atomic mass is 9.98. The molecule has 8 nitrogen and oxygen atoms in total. The summed E-state index contributed by atoms with van der Waals surface area (Å²) in [5.74, 6) is -0.0847. The molecular weight excluding hydrogens is 463 g/mol. The SMILES string of the molecule is O=C(CCCc1ccc(Cl)c(Cl)c1)c1n[nH]c2c1CCN(C(=O)c1ccc3n[nH]nc3c1)C2. The molecular formula is C23H20Cl2N6O2. The van der Waals surface area contributed by atoms with Gasteiger partial charge in [-0.3, -0.25) is 14.7 Å². The number of nitrogens with zero attached hydrogens (tertiary/aromatic N) is 4. The van der Waals surface area contributed by atoms with Crippen LogP contribution in [0.5, 0.6) is 0 Å². The first-order chi connectivity index (χ1) is 16.0. The molecule has 5 rings (SSSR count). The van der Waals surface area contributed by atoms with Crippen molar-refractivity contribution in [2.45, 2.75) is 32.2 Å². The summed E-state index contributed by atoms with van der Waals surface area (Å²) in [7, 11) is 0. The quantitative estimate of drug-likeness (QED) is 0.396. The van der Waals surface area contributed by atoms with Gasteiger partial charge in [-0.05, 0) is 55.2 Å². The Hall–Kier alpha value is -3.23. The number of Topliss-reactive ketones (excluding diaryl/α,β-unsaturated/α-hetero) is 1. The van der Waals surface area contributed by atoms with Gasteiger partial charge in [-0.25, -0.2) is 0 Å². The Morgan fingerprint density at radius 2 is 1.85 bits per heavy atom. The van der Waals surface area contributed by atoms with Crippen LogP contribution in [0.25, 0.3) is 11.0 Å². The van der Waals surface area contributed by atoms with Crippen molar-refractivity contribution >= 4 is 45.9 Å². The van der Waals surface area contributed by atoms with Crippen LogP contribution in [0, 0.1) is 0 Å². The number of H-pyrrole nitrogens is 2. The predicted molar refractivity (Wildman–Crippen MR) is 125 cm³/mol. The molecule has 0 spiro atoms. The second-order valence-electron chi connectivity index (χ2n) is 8.06. The van der Waals surface area contributed by atoms with Crippen molar-refractivity contribution < 1.29 is 9.59 Å². The normalized spacial score (nSPS) is 13.3. The van der Waals surface area contributed by atoms with E-state index in [1.165, 1.54) is 0 Å². The zero-order chi connectivity index (χ0) is 22.9. The van der Waals surface area contributed by atoms with Crippen LogP contribution in [0.4, 0.5) is 0 Å². The third kappa shape index (κ3) is 4.36. The van der Waals surface area contributed by atoms with E-state index in [-0.39, 0.29) is 11.7 Å². The van der Waals surface area contributed by atoms with Gasteiger partial charge in [0.15, 0.2) is 5.78 Å². The molecule has 10 heteroatoms. The Labute approximate surface area is 199 Å². The largest absolute Gasteiger partial charge is 0.332 e. The molecule has 4 aromatic rings. The number of aryl methyl sites for hydroxylation is 1. The molecule has 0 bridgehead atoms. The molecule has 1 aliphatic rings. The topological polar surface area (TPSA) is 108 Å². The van der Waals surface area contributed by atoms with Crippen molar-refractivity contribution in [2.75, 3.05) is 6.54 Å². The number of aromatic amines is 2. The highest BCUT2D eigenvalue weighted by molar-refractivity contribution is 6.42. The first-order valence-electron chi connectivity index (χ1n) is 10.6. The van der Waals surface area contributed by atoms with E-state index in [4.69, 9.17) is 23.2 Å². The number of nitrogens with one attached hydrogen (secondary N) is 2. The Morgan fingerprint density at radius 1 is 1.00 bits per heavy atom. The van der Waals surface area contributed by atoms with Crippen LogP contribution < -0.4 is 0 Å². The first kappa shape index (κ1) is 21.6. The maximum atomic E-state index is 13.0. The van der Waals surface area contributed by atoms with Gasteiger partial charge in [-0.15, -0.1) is 0 Å². The molecule has 2 aromatic heterocycles. The molecule has 3 heterocycles. The van der Waals surface area contributed by atoms with E-state index in [0.29, 0.717) is 64.7 Å². The summed E-state index contributed by atoms with van der Waals surface area (Å²) < 4.78 is 0. The lowest BCUT2D eigenvalue weighted by Gasteiger charge is -2.27. The highest BCUT2D eigenvalue weighted by Gasteiger charge is 2.28. The average Bonchev–Trinajstić information content (AvgIpc) is 3.46. The second kappa shape index (κ2) is 8.96. The van der Waals surface area contributed by atoms with Crippen molar-refractivity contribution in [2.24, 2.45) is 0 Å². The molecule has 0 radical (unpaired) electrons. The minimum Gasteiger partial charge on any atom is -0.332 e. The highest BCUT2D eigenvalue weighted by atomic mass is 35.5. The van der Waals surface area contributed by atoms with Crippen molar-refractivity contribution in [3.05, 3.63) is 74.5 Å². The number of fused-ring (bicyclic) bond motifs is 2. The number of carbonyl (C=O) groups is 2. The molecule has 0 atom stereocenters. The summed E-state index contributed by atoms with van der Waals surface area (Å²) >= 11 is 12.0. The average molecular weight is 483 g/mol. The fourth-order valence-corrected chi connectivity index (χ4v) is 4.47. The smallest absolute Gasteiger partial charge is 0.254 e. The Balaban J connectivity index is 1.22. The van der Waals surface area contributed by atoms with Crippen LogP contribution in [0.15, 0.2) is 36.4 Å². The third-order valence-corrected chi connectivity index (χ3v) is 6.64. The van der Waals surface area contributed by atoms with E-state index in [1.54, 1.807) is 29.2 Å². The summed E-state index contributed by atoms with van der Waals surface area (Å²) in [6.45, 7) is 0.903. The van der Waals surface area contributed by atoms with E-state index in [9.17, 15) is 9.59 Å². The fourth-order valence-electron chi connectivity index (χ4n) is 4.14. The summed E-state index contributed by atoms with van der Waals surface area (Å²) in [5.41, 5.74) is 5.15. The molecule has 0 fully saturated rings. The monoisotopic (exact) mass is 482 g/mol. The van der Waals surface area contributed by atoms with Crippen LogP contribution in [0.1, 0.15) is 50.5 Å². The number of ketones is 1. The van der Waals surface area contributed by atoms with Gasteiger partial charge in [0.2, 0.25) is 0 Å². The first-order valence-corrected chi connectivity index (χ1v) is 11.4. The van der Waals surface area contributed by atoms with Crippen molar-refractivity contribution in [3.8, 4) is 0 Å². The third-order valence-electron chi connectivity index (χ3n) is 5.90. The number of amides is 1. The zero-order valence-corrected chi connectivity index (χ0v) is 19.1. The molecule has 0 unspecified atom stereocenters. The van der Waals surface area contributed by atoms with Crippen LogP contribution >= 0.6 is 23.2 Å². The second-order valence-corrected chi connectivity index (χ2v) is 8.87. The van der Waals surface area contributed by atoms with E-state index in [1.807, 2.05) is 12.1 Å². The Morgan fingerprint density at radius 3 is 2.70 bits per heavy atom. The summed E-state index contributed by atoms with van der Waals surface area (Å²) in [4.78, 5) is 27.5. The molecule has 0 saturated carbocycles. The number of hydrogen-bond donors (Lipinski definition) is 2. The molecule has 168 valence electrons. The maximum Gasteiger partial charge on any atom is 0.254 e. The van der Waals surface area contributed by atoms with Crippen molar-refractivity contribution in [3.63, 3.8) is 0 Å². The maximum absolute atomic E-state index is 13.0. The lowest BCUT2D eigenvalue weighted by molar-refractivity contribution is 0.0732. The number of hydrogen-bond acceptors (Lipinski definition) is 5. The van der Waals surface area contributed by atoms with Gasteiger partial charge < -0.3 is 4.90 Å². The number of rotatable bonds is 6. The summed E-state index contributed by atoms with van der Waals surface area (Å²) in [6.07, 6.45) is 2.39. The fraction of sp³-hybridized carbons (Fsp3) is 0.261. The number of carbonyl (C=O) groups excluding carboxylic acids is 2. The predicted octanol–water partition coefficient (Wildman–Crippen LogP) is 4.39. The molecule has 1 amide bonds. The number of benzene rings is 2. The minimum absolute atomic E-state index is 0.00354. The zero-order valence-electron chi connectivity index (χ0n) is 17.6. The van der Waals surface area contributed by atoms with Gasteiger partial charge in [-0.2, -0.15) is 20.5 Å². The van der Waals surface area contributed by atoms with Gasteiger partial charge >= 0.3 is 0 Å². The molecule has 0 aliphatic carbocycles. The molecule has 33 heavy (non-hydrogen) atoms. The van der Waals surface area contributed by atoms with Gasteiger partial charge in [0.25, 0.3) is 5.91 Å². The molecule has 2 N–H and O–H groups in total. The highest BCUT2D eigenvalue weighted by Crippen LogP contribution is 2.25. The van der Waals surface area contributed by atoms with Gasteiger partial charge in [-0.1, -0.05) is 29.3 Å². The van der Waals surface area contributed by atoms with Crippen LogP contribution in [0.3, 0.4) is 0 Å². The standard InChI is InChI=1S/C23H20Cl2N6O2/c24-16-6-4-13(10-17(16)25)2-1-3-21(32)22-15-8-9-31(12-20(15)26-29-22)23(33)14-5-7-18-19(11-14)28-30-27-18/h4-7,10-11H,1-3,8-9,12H2,(H,26,29)(H,27,28,30). The van der Waals surface area contributed by atoms with Gasteiger partial charge in [0, 0.05) is 24.1 Å². The van der Waals surface area contributed by atoms with E-state index in [2.05, 4.69) is 25.6 Å². The van der Waals surface area contributed by atoms with Crippen LogP contribution in [-0.2, 0) is 19.4 Å². The van der Waals surface area contributed by atoms with E-state index in [0.717, 1.165) is 23.2 Å². The van der Waals surface area contributed by atoms with E-state index < -0.39 is 0 Å². The minimum atomic E-state index is -0.0883. The molecule has 1 aliphatic heterocycles. The molecule has 0 saturated heterocycles. The van der Waals surface area contributed by atoms with Crippen LogP contribution in [-0.4, -0.2) is 48.7 Å². The van der Waals surface area contributed by atoms with E-state index >= 15 is 0 Å². The van der Waals surface area contributed by atoms with Crippen molar-refractivity contribution in [1.82, 2.24) is 30.5 Å². The van der Waals surface area contributed by atoms with Crippen molar-refractivity contribution in [1.29, 1.82) is 0 Å². The summed E-state index contributed by atoms with van der Waals surface area (Å²) in [5, 5.41) is 18.9. The number of halogens is 2. The van der Waals surface area contributed by atoms with Gasteiger partial charge in [0.05, 0.1) is 22.3 Å². The Kier molecular flexibility index (Phi) is 5.86.